The molecule has 0 radical (unpaired) electrons. The third-order valence-corrected chi connectivity index (χ3v) is 5.73. The number of ether oxygens (including phenoxy) is 1. The van der Waals surface area contributed by atoms with E-state index in [0.29, 0.717) is 50.3 Å². The third kappa shape index (κ3) is 3.70. The molecule has 1 spiro atoms. The summed E-state index contributed by atoms with van der Waals surface area (Å²) < 4.78 is 5.12. The molecule has 1 aromatic rings. The van der Waals surface area contributed by atoms with Crippen molar-refractivity contribution in [1.29, 1.82) is 0 Å². The van der Waals surface area contributed by atoms with Gasteiger partial charge in [-0.1, -0.05) is 12.1 Å². The molecular formula is C20H28N2O4. The molecule has 2 aliphatic heterocycles. The van der Waals surface area contributed by atoms with E-state index in [4.69, 9.17) is 4.74 Å². The third-order valence-electron chi connectivity index (χ3n) is 5.73. The number of aryl methyl sites for hydroxylation is 1. The molecule has 0 aliphatic carbocycles. The zero-order chi connectivity index (χ0) is 18.7. The first-order valence-electron chi connectivity index (χ1n) is 9.30. The summed E-state index contributed by atoms with van der Waals surface area (Å²) in [5, 5.41) is 10.3. The number of rotatable bonds is 4. The minimum absolute atomic E-state index is 0.0466. The van der Waals surface area contributed by atoms with Crippen LogP contribution in [-0.2, 0) is 9.53 Å². The second-order valence-corrected chi connectivity index (χ2v) is 7.61. The molecule has 0 saturated carbocycles. The number of carbonyl (C=O) groups is 2. The number of benzene rings is 1. The Morgan fingerprint density at radius 2 is 2.12 bits per heavy atom. The number of phenols is 1. The number of nitrogens with zero attached hydrogens (tertiary/aromatic N) is 2. The van der Waals surface area contributed by atoms with E-state index in [1.165, 1.54) is 0 Å². The maximum absolute atomic E-state index is 13.0. The molecule has 26 heavy (non-hydrogen) atoms. The summed E-state index contributed by atoms with van der Waals surface area (Å²) in [5.41, 5.74) is 1.02. The van der Waals surface area contributed by atoms with Gasteiger partial charge in [-0.05, 0) is 37.8 Å². The van der Waals surface area contributed by atoms with Crippen molar-refractivity contribution < 1.29 is 19.4 Å². The Labute approximate surface area is 154 Å². The number of methoxy groups -OCH3 is 1. The monoisotopic (exact) mass is 360 g/mol. The largest absolute Gasteiger partial charge is 0.507 e. The number of aromatic hydroxyl groups is 1. The van der Waals surface area contributed by atoms with Crippen molar-refractivity contribution in [1.82, 2.24) is 9.80 Å². The van der Waals surface area contributed by atoms with Crippen molar-refractivity contribution >= 4 is 11.8 Å². The van der Waals surface area contributed by atoms with Crippen molar-refractivity contribution in [3.05, 3.63) is 29.3 Å². The molecule has 3 rings (SSSR count). The molecule has 6 nitrogen and oxygen atoms in total. The Hall–Kier alpha value is -2.08. The van der Waals surface area contributed by atoms with Crippen LogP contribution >= 0.6 is 0 Å². The van der Waals surface area contributed by atoms with Crippen molar-refractivity contribution in [3.63, 3.8) is 0 Å². The summed E-state index contributed by atoms with van der Waals surface area (Å²) in [4.78, 5) is 28.9. The Morgan fingerprint density at radius 3 is 2.88 bits per heavy atom. The Morgan fingerprint density at radius 1 is 1.31 bits per heavy atom. The molecule has 0 aromatic heterocycles. The summed E-state index contributed by atoms with van der Waals surface area (Å²) in [6.07, 6.45) is 3.29. The number of likely N-dealkylation sites (tertiary alicyclic amines) is 2. The highest BCUT2D eigenvalue weighted by Crippen LogP contribution is 2.39. The van der Waals surface area contributed by atoms with Gasteiger partial charge >= 0.3 is 0 Å². The molecule has 0 bridgehead atoms. The average molecular weight is 360 g/mol. The van der Waals surface area contributed by atoms with Crippen LogP contribution in [0.3, 0.4) is 0 Å². The molecule has 142 valence electrons. The molecular weight excluding hydrogens is 332 g/mol. The van der Waals surface area contributed by atoms with Gasteiger partial charge in [-0.2, -0.15) is 0 Å². The standard InChI is InChI=1S/C20H28N2O4/c1-15-5-3-6-16(18(15)24)19(25)22-10-4-8-20(14-22)9-7-17(23)21(13-20)11-12-26-2/h3,5-6,24H,4,7-14H2,1-2H3/t20-/m1/s1. The smallest absolute Gasteiger partial charge is 0.257 e. The number of phenolic OH excluding ortho intramolecular Hbond substituents is 1. The highest BCUT2D eigenvalue weighted by molar-refractivity contribution is 5.97. The van der Waals surface area contributed by atoms with Gasteiger partial charge in [0.25, 0.3) is 5.91 Å². The number of piperidine rings is 2. The first kappa shape index (κ1) is 18.7. The number of hydrogen-bond acceptors (Lipinski definition) is 4. The highest BCUT2D eigenvalue weighted by atomic mass is 16.5. The van der Waals surface area contributed by atoms with E-state index in [0.717, 1.165) is 19.3 Å². The van der Waals surface area contributed by atoms with E-state index in [1.807, 2.05) is 9.80 Å². The summed E-state index contributed by atoms with van der Waals surface area (Å²) in [6, 6.07) is 5.28. The zero-order valence-corrected chi connectivity index (χ0v) is 15.7. The van der Waals surface area contributed by atoms with Crippen LogP contribution < -0.4 is 0 Å². The van der Waals surface area contributed by atoms with Gasteiger partial charge in [0, 0.05) is 45.1 Å². The van der Waals surface area contributed by atoms with Crippen molar-refractivity contribution in [2.75, 3.05) is 39.9 Å². The topological polar surface area (TPSA) is 70.1 Å². The minimum atomic E-state index is -0.120. The van der Waals surface area contributed by atoms with Gasteiger partial charge in [-0.25, -0.2) is 0 Å². The van der Waals surface area contributed by atoms with Crippen molar-refractivity contribution in [2.24, 2.45) is 5.41 Å². The van der Waals surface area contributed by atoms with Crippen LogP contribution in [-0.4, -0.2) is 66.6 Å². The van der Waals surface area contributed by atoms with E-state index >= 15 is 0 Å². The summed E-state index contributed by atoms with van der Waals surface area (Å²) in [6.45, 7) is 4.93. The van der Waals surface area contributed by atoms with Crippen LogP contribution in [0.5, 0.6) is 5.75 Å². The lowest BCUT2D eigenvalue weighted by molar-refractivity contribution is -0.139. The molecule has 2 amide bonds. The van der Waals surface area contributed by atoms with E-state index in [2.05, 4.69) is 0 Å². The molecule has 2 saturated heterocycles. The lowest BCUT2D eigenvalue weighted by Gasteiger charge is -2.48. The fourth-order valence-electron chi connectivity index (χ4n) is 4.22. The summed E-state index contributed by atoms with van der Waals surface area (Å²) in [5.74, 6) is 0.121. The average Bonchev–Trinajstić information content (AvgIpc) is 2.64. The Bertz CT molecular complexity index is 690. The van der Waals surface area contributed by atoms with Gasteiger partial charge in [0.05, 0.1) is 12.2 Å². The number of para-hydroxylation sites is 1. The number of hydrogen-bond donors (Lipinski definition) is 1. The maximum Gasteiger partial charge on any atom is 0.257 e. The van der Waals surface area contributed by atoms with Gasteiger partial charge in [-0.15, -0.1) is 0 Å². The van der Waals surface area contributed by atoms with Crippen molar-refractivity contribution in [3.8, 4) is 5.75 Å². The molecule has 1 aromatic carbocycles. The summed E-state index contributed by atoms with van der Waals surface area (Å²) >= 11 is 0. The van der Waals surface area contributed by atoms with E-state index in [-0.39, 0.29) is 23.0 Å². The van der Waals surface area contributed by atoms with Crippen LogP contribution in [0.15, 0.2) is 18.2 Å². The molecule has 0 unspecified atom stereocenters. The van der Waals surface area contributed by atoms with Gasteiger partial charge in [0.2, 0.25) is 5.91 Å². The second-order valence-electron chi connectivity index (χ2n) is 7.61. The number of carbonyl (C=O) groups excluding carboxylic acids is 2. The predicted molar refractivity (Wildman–Crippen MR) is 98.1 cm³/mol. The Kier molecular flexibility index (Phi) is 5.51. The van der Waals surface area contributed by atoms with Crippen LogP contribution in [0.4, 0.5) is 0 Å². The zero-order valence-electron chi connectivity index (χ0n) is 15.7. The fourth-order valence-corrected chi connectivity index (χ4v) is 4.22. The predicted octanol–water partition coefficient (Wildman–Crippen LogP) is 2.19. The number of amides is 2. The fraction of sp³-hybridized carbons (Fsp3) is 0.600. The highest BCUT2D eigenvalue weighted by Gasteiger charge is 2.42. The first-order valence-corrected chi connectivity index (χ1v) is 9.30. The molecule has 1 atom stereocenters. The van der Waals surface area contributed by atoms with E-state index < -0.39 is 0 Å². The minimum Gasteiger partial charge on any atom is -0.507 e. The van der Waals surface area contributed by atoms with Crippen molar-refractivity contribution in [2.45, 2.75) is 32.6 Å². The molecule has 2 fully saturated rings. The van der Waals surface area contributed by atoms with E-state index in [1.54, 1.807) is 32.2 Å². The van der Waals surface area contributed by atoms with Gasteiger partial charge in [-0.3, -0.25) is 9.59 Å². The quantitative estimate of drug-likeness (QED) is 0.894. The Balaban J connectivity index is 1.75. The van der Waals surface area contributed by atoms with Crippen LogP contribution in [0.25, 0.3) is 0 Å². The van der Waals surface area contributed by atoms with Gasteiger partial charge in [0.1, 0.15) is 5.75 Å². The maximum atomic E-state index is 13.0. The molecule has 2 aliphatic rings. The van der Waals surface area contributed by atoms with Crippen LogP contribution in [0, 0.1) is 12.3 Å². The molecule has 1 N–H and O–H groups in total. The SMILES string of the molecule is COCCN1C[C@@]2(CCCN(C(=O)c3cccc(C)c3O)C2)CCC1=O. The first-order chi connectivity index (χ1) is 12.5. The lowest BCUT2D eigenvalue weighted by Crippen LogP contribution is -2.55. The normalized spacial score (nSPS) is 23.5. The van der Waals surface area contributed by atoms with Gasteiger partial charge in [0.15, 0.2) is 0 Å². The second kappa shape index (κ2) is 7.66. The lowest BCUT2D eigenvalue weighted by atomic mass is 9.73. The van der Waals surface area contributed by atoms with E-state index in [9.17, 15) is 14.7 Å². The van der Waals surface area contributed by atoms with Crippen LogP contribution in [0.2, 0.25) is 0 Å². The molecule has 6 heteroatoms. The van der Waals surface area contributed by atoms with Crippen LogP contribution in [0.1, 0.15) is 41.6 Å². The van der Waals surface area contributed by atoms with Gasteiger partial charge < -0.3 is 19.6 Å². The summed E-state index contributed by atoms with van der Waals surface area (Å²) in [7, 11) is 1.64. The molecule has 2 heterocycles.